The van der Waals surface area contributed by atoms with E-state index in [0.717, 1.165) is 10.2 Å². The van der Waals surface area contributed by atoms with Crippen molar-refractivity contribution < 1.29 is 9.53 Å². The molecule has 0 bridgehead atoms. The van der Waals surface area contributed by atoms with Crippen molar-refractivity contribution in [3.63, 3.8) is 0 Å². The fourth-order valence-corrected chi connectivity index (χ4v) is 2.04. The first-order valence-electron chi connectivity index (χ1n) is 5.17. The maximum Gasteiger partial charge on any atom is 0.338 e. The normalized spacial score (nSPS) is 10.2. The monoisotopic (exact) mass is 294 g/mol. The third-order valence-electron chi connectivity index (χ3n) is 2.24. The minimum absolute atomic E-state index is 0.314. The van der Waals surface area contributed by atoms with Gasteiger partial charge in [-0.1, -0.05) is 0 Å². The van der Waals surface area contributed by atoms with Crippen molar-refractivity contribution in [3.8, 4) is 5.69 Å². The van der Waals surface area contributed by atoms with E-state index < -0.39 is 0 Å². The summed E-state index contributed by atoms with van der Waals surface area (Å²) in [6, 6.07) is 5.32. The van der Waals surface area contributed by atoms with Crippen LogP contribution in [0.25, 0.3) is 5.69 Å². The van der Waals surface area contributed by atoms with Crippen molar-refractivity contribution in [1.82, 2.24) is 9.55 Å². The fraction of sp³-hybridized carbons (Fsp3) is 0.167. The van der Waals surface area contributed by atoms with Crippen LogP contribution in [0.5, 0.6) is 0 Å². The lowest BCUT2D eigenvalue weighted by atomic mass is 10.2. The Labute approximate surface area is 107 Å². The van der Waals surface area contributed by atoms with Crippen molar-refractivity contribution in [2.75, 3.05) is 6.61 Å². The molecular formula is C12H11BrN2O2. The zero-order chi connectivity index (χ0) is 12.3. The summed E-state index contributed by atoms with van der Waals surface area (Å²) in [5.41, 5.74) is 1.46. The van der Waals surface area contributed by atoms with Crippen LogP contribution in [0.2, 0.25) is 0 Å². The van der Waals surface area contributed by atoms with Gasteiger partial charge in [0.1, 0.15) is 0 Å². The molecule has 17 heavy (non-hydrogen) atoms. The first-order chi connectivity index (χ1) is 8.22. The summed E-state index contributed by atoms with van der Waals surface area (Å²) in [4.78, 5) is 15.5. The summed E-state index contributed by atoms with van der Waals surface area (Å²) in [7, 11) is 0. The van der Waals surface area contributed by atoms with E-state index in [-0.39, 0.29) is 5.97 Å². The second kappa shape index (κ2) is 5.14. The van der Waals surface area contributed by atoms with Crippen LogP contribution in [0, 0.1) is 0 Å². The Bertz CT molecular complexity index is 523. The summed E-state index contributed by atoms with van der Waals surface area (Å²) < 4.78 is 7.62. The molecule has 1 heterocycles. The van der Waals surface area contributed by atoms with E-state index in [1.807, 2.05) is 16.8 Å². The SMILES string of the molecule is CCOC(=O)c1ccc(-n2ccnc2)c(Br)c1. The zero-order valence-corrected chi connectivity index (χ0v) is 10.8. The van der Waals surface area contributed by atoms with Crippen LogP contribution in [0.3, 0.4) is 0 Å². The maximum atomic E-state index is 11.5. The molecule has 0 saturated heterocycles. The molecule has 1 aromatic carbocycles. The average Bonchev–Trinajstić information content (AvgIpc) is 2.82. The molecule has 0 spiro atoms. The van der Waals surface area contributed by atoms with Gasteiger partial charge in [0, 0.05) is 16.9 Å². The van der Waals surface area contributed by atoms with E-state index in [1.54, 1.807) is 31.6 Å². The number of imidazole rings is 1. The van der Waals surface area contributed by atoms with E-state index in [2.05, 4.69) is 20.9 Å². The molecule has 0 radical (unpaired) electrons. The Morgan fingerprint density at radius 3 is 2.94 bits per heavy atom. The number of esters is 1. The lowest BCUT2D eigenvalue weighted by Crippen LogP contribution is -2.05. The zero-order valence-electron chi connectivity index (χ0n) is 9.26. The quantitative estimate of drug-likeness (QED) is 0.818. The highest BCUT2D eigenvalue weighted by atomic mass is 79.9. The first-order valence-corrected chi connectivity index (χ1v) is 5.96. The van der Waals surface area contributed by atoms with Crippen LogP contribution in [-0.4, -0.2) is 22.1 Å². The topological polar surface area (TPSA) is 44.1 Å². The molecule has 2 aromatic rings. The van der Waals surface area contributed by atoms with E-state index in [1.165, 1.54) is 0 Å². The highest BCUT2D eigenvalue weighted by Crippen LogP contribution is 2.22. The van der Waals surface area contributed by atoms with Gasteiger partial charge in [-0.05, 0) is 41.1 Å². The van der Waals surface area contributed by atoms with Gasteiger partial charge in [0.25, 0.3) is 0 Å². The second-order valence-corrected chi connectivity index (χ2v) is 4.21. The van der Waals surface area contributed by atoms with Crippen molar-refractivity contribution in [2.24, 2.45) is 0 Å². The van der Waals surface area contributed by atoms with Crippen molar-refractivity contribution in [1.29, 1.82) is 0 Å². The second-order valence-electron chi connectivity index (χ2n) is 3.36. The molecule has 0 aliphatic heterocycles. The van der Waals surface area contributed by atoms with Gasteiger partial charge in [-0.3, -0.25) is 0 Å². The van der Waals surface area contributed by atoms with Gasteiger partial charge in [0.2, 0.25) is 0 Å². The highest BCUT2D eigenvalue weighted by Gasteiger charge is 2.09. The Morgan fingerprint density at radius 2 is 2.35 bits per heavy atom. The molecule has 2 rings (SSSR count). The van der Waals surface area contributed by atoms with E-state index in [4.69, 9.17) is 4.74 Å². The highest BCUT2D eigenvalue weighted by molar-refractivity contribution is 9.10. The minimum Gasteiger partial charge on any atom is -0.462 e. The number of aromatic nitrogens is 2. The van der Waals surface area contributed by atoms with Gasteiger partial charge in [-0.15, -0.1) is 0 Å². The standard InChI is InChI=1S/C12H11BrN2O2/c1-2-17-12(16)9-3-4-11(10(13)7-9)15-6-5-14-8-15/h3-8H,2H2,1H3. The van der Waals surface area contributed by atoms with Crippen LogP contribution in [0.1, 0.15) is 17.3 Å². The van der Waals surface area contributed by atoms with Gasteiger partial charge in [0.05, 0.1) is 24.2 Å². The molecule has 4 nitrogen and oxygen atoms in total. The predicted molar refractivity (Wildman–Crippen MR) is 67.2 cm³/mol. The van der Waals surface area contributed by atoms with Crippen molar-refractivity contribution in [3.05, 3.63) is 47.0 Å². The number of carbonyl (C=O) groups is 1. The third kappa shape index (κ3) is 2.55. The Hall–Kier alpha value is -1.62. The van der Waals surface area contributed by atoms with E-state index >= 15 is 0 Å². The van der Waals surface area contributed by atoms with Gasteiger partial charge in [-0.25, -0.2) is 9.78 Å². The molecular weight excluding hydrogens is 284 g/mol. The number of nitrogens with zero attached hydrogens (tertiary/aromatic N) is 2. The average molecular weight is 295 g/mol. The van der Waals surface area contributed by atoms with Gasteiger partial charge in [-0.2, -0.15) is 0 Å². The number of hydrogen-bond acceptors (Lipinski definition) is 3. The van der Waals surface area contributed by atoms with E-state index in [0.29, 0.717) is 12.2 Å². The fourth-order valence-electron chi connectivity index (χ4n) is 1.46. The number of carbonyl (C=O) groups excluding carboxylic acids is 1. The van der Waals surface area contributed by atoms with E-state index in [9.17, 15) is 4.79 Å². The summed E-state index contributed by atoms with van der Waals surface area (Å²) in [5.74, 6) is -0.314. The lowest BCUT2D eigenvalue weighted by molar-refractivity contribution is 0.0526. The summed E-state index contributed by atoms with van der Waals surface area (Å²) in [6.07, 6.45) is 5.24. The van der Waals surface area contributed by atoms with Gasteiger partial charge in [0.15, 0.2) is 0 Å². The molecule has 0 N–H and O–H groups in total. The van der Waals surface area contributed by atoms with Gasteiger partial charge < -0.3 is 9.30 Å². The Kier molecular flexibility index (Phi) is 3.58. The molecule has 0 saturated carbocycles. The number of hydrogen-bond donors (Lipinski definition) is 0. The van der Waals surface area contributed by atoms with Crippen molar-refractivity contribution in [2.45, 2.75) is 6.92 Å². The molecule has 88 valence electrons. The number of rotatable bonds is 3. The molecule has 0 aliphatic rings. The molecule has 0 fully saturated rings. The summed E-state index contributed by atoms with van der Waals surface area (Å²) in [5, 5.41) is 0. The molecule has 5 heteroatoms. The van der Waals surface area contributed by atoms with Crippen LogP contribution < -0.4 is 0 Å². The first kappa shape index (κ1) is 11.9. The summed E-state index contributed by atoms with van der Waals surface area (Å²) in [6.45, 7) is 2.16. The predicted octanol–water partition coefficient (Wildman–Crippen LogP) is 2.81. The molecule has 0 aliphatic carbocycles. The van der Waals surface area contributed by atoms with Crippen LogP contribution in [0.15, 0.2) is 41.4 Å². The lowest BCUT2D eigenvalue weighted by Gasteiger charge is -2.07. The Balaban J connectivity index is 2.32. The number of benzene rings is 1. The maximum absolute atomic E-state index is 11.5. The van der Waals surface area contributed by atoms with Crippen LogP contribution in [0.4, 0.5) is 0 Å². The van der Waals surface area contributed by atoms with Gasteiger partial charge >= 0.3 is 5.97 Å². The molecule has 1 aromatic heterocycles. The molecule has 0 amide bonds. The minimum atomic E-state index is -0.314. The Morgan fingerprint density at radius 1 is 1.53 bits per heavy atom. The molecule has 0 atom stereocenters. The van der Waals surface area contributed by atoms with Crippen molar-refractivity contribution >= 4 is 21.9 Å². The smallest absolute Gasteiger partial charge is 0.338 e. The molecule has 0 unspecified atom stereocenters. The largest absolute Gasteiger partial charge is 0.462 e. The summed E-state index contributed by atoms with van der Waals surface area (Å²) >= 11 is 3.43. The number of halogens is 1. The number of ether oxygens (including phenoxy) is 1. The van der Waals surface area contributed by atoms with Crippen LogP contribution >= 0.6 is 15.9 Å². The van der Waals surface area contributed by atoms with Crippen LogP contribution in [-0.2, 0) is 4.74 Å². The third-order valence-corrected chi connectivity index (χ3v) is 2.88.